The van der Waals surface area contributed by atoms with Crippen molar-refractivity contribution >= 4 is 44.4 Å². The molecule has 0 atom stereocenters. The molecule has 0 bridgehead atoms. The first kappa shape index (κ1) is 20.3. The number of ketones is 1. The second kappa shape index (κ2) is 8.04. The van der Waals surface area contributed by atoms with Crippen LogP contribution in [0.25, 0.3) is 11.0 Å². The molecule has 9 heteroatoms. The molecule has 1 aromatic heterocycles. The number of carbonyl (C=O) groups is 2. The Morgan fingerprint density at radius 3 is 2.16 bits per heavy atom. The van der Waals surface area contributed by atoms with Gasteiger partial charge in [0.1, 0.15) is 0 Å². The van der Waals surface area contributed by atoms with Crippen molar-refractivity contribution < 1.29 is 18.0 Å². The molecule has 3 N–H and O–H groups in total. The fraction of sp³-hybridized carbons (Fsp3) is 0.0455. The molecular weight excluding hydrogens is 416 g/mol. The first-order valence-electron chi connectivity index (χ1n) is 9.32. The molecule has 1 amide bonds. The number of Topliss-reactive ketones (excluding diaryl/α,β-unsaturated/α-hetero) is 1. The van der Waals surface area contributed by atoms with Crippen molar-refractivity contribution in [2.24, 2.45) is 0 Å². The average molecular weight is 434 g/mol. The maximum Gasteiger partial charge on any atom is 0.261 e. The predicted molar refractivity (Wildman–Crippen MR) is 118 cm³/mol. The van der Waals surface area contributed by atoms with Gasteiger partial charge in [-0.15, -0.1) is 0 Å². The number of imidazole rings is 1. The van der Waals surface area contributed by atoms with E-state index in [1.165, 1.54) is 55.5 Å². The number of sulfonamides is 1. The number of rotatable bonds is 6. The van der Waals surface area contributed by atoms with E-state index < -0.39 is 10.0 Å². The summed E-state index contributed by atoms with van der Waals surface area (Å²) in [4.78, 5) is 31.1. The number of nitrogens with zero attached hydrogens (tertiary/aromatic N) is 1. The van der Waals surface area contributed by atoms with Gasteiger partial charge in [0.2, 0.25) is 5.95 Å². The van der Waals surface area contributed by atoms with E-state index in [1.54, 1.807) is 0 Å². The third-order valence-electron chi connectivity index (χ3n) is 4.59. The number of para-hydroxylation sites is 2. The number of amides is 1. The Morgan fingerprint density at radius 1 is 0.871 bits per heavy atom. The summed E-state index contributed by atoms with van der Waals surface area (Å²) in [6, 6.07) is 19.1. The van der Waals surface area contributed by atoms with E-state index in [4.69, 9.17) is 0 Å². The predicted octanol–water partition coefficient (Wildman–Crippen LogP) is 3.82. The number of carbonyl (C=O) groups excluding carboxylic acids is 2. The third-order valence-corrected chi connectivity index (χ3v) is 5.99. The van der Waals surface area contributed by atoms with Crippen LogP contribution in [0.3, 0.4) is 0 Å². The van der Waals surface area contributed by atoms with Crippen LogP contribution in [0.5, 0.6) is 0 Å². The van der Waals surface area contributed by atoms with Crippen molar-refractivity contribution in [1.82, 2.24) is 9.97 Å². The van der Waals surface area contributed by atoms with Crippen LogP contribution in [0.4, 0.5) is 11.6 Å². The third kappa shape index (κ3) is 4.46. The van der Waals surface area contributed by atoms with Gasteiger partial charge in [0, 0.05) is 16.8 Å². The van der Waals surface area contributed by atoms with Gasteiger partial charge in [0.25, 0.3) is 15.9 Å². The van der Waals surface area contributed by atoms with Crippen LogP contribution < -0.4 is 10.0 Å². The largest absolute Gasteiger partial charge is 0.324 e. The van der Waals surface area contributed by atoms with Crippen molar-refractivity contribution in [3.05, 3.63) is 83.9 Å². The van der Waals surface area contributed by atoms with Crippen LogP contribution in [0.1, 0.15) is 27.6 Å². The number of hydrogen-bond acceptors (Lipinski definition) is 5. The SMILES string of the molecule is CC(=O)c1ccc(S(=O)(=O)Nc2ccc(C(=O)Nc3nc4ccccc4[nH]3)cc2)cc1. The minimum absolute atomic E-state index is 0.0317. The summed E-state index contributed by atoms with van der Waals surface area (Å²) in [5, 5.41) is 2.68. The Bertz CT molecular complexity index is 1340. The van der Waals surface area contributed by atoms with Gasteiger partial charge < -0.3 is 4.98 Å². The number of hydrogen-bond donors (Lipinski definition) is 3. The second-order valence-corrected chi connectivity index (χ2v) is 8.50. The Balaban J connectivity index is 1.45. The standard InChI is InChI=1S/C22H18N4O4S/c1-14(27)15-8-12-18(13-9-15)31(29,30)26-17-10-6-16(7-11-17)21(28)25-22-23-19-4-2-3-5-20(19)24-22/h2-13,26H,1H3,(H2,23,24,25,28). The van der Waals surface area contributed by atoms with Crippen LogP contribution in [-0.4, -0.2) is 30.1 Å². The molecule has 4 aromatic rings. The summed E-state index contributed by atoms with van der Waals surface area (Å²) < 4.78 is 27.5. The molecule has 3 aromatic carbocycles. The first-order valence-corrected chi connectivity index (χ1v) is 10.8. The van der Waals surface area contributed by atoms with E-state index in [1.807, 2.05) is 24.3 Å². The molecule has 0 aliphatic heterocycles. The van der Waals surface area contributed by atoms with E-state index in [-0.39, 0.29) is 16.6 Å². The van der Waals surface area contributed by atoms with Gasteiger partial charge in [-0.2, -0.15) is 0 Å². The molecule has 31 heavy (non-hydrogen) atoms. The van der Waals surface area contributed by atoms with Gasteiger partial charge in [-0.1, -0.05) is 24.3 Å². The van der Waals surface area contributed by atoms with Gasteiger partial charge in [-0.05, 0) is 55.5 Å². The van der Waals surface area contributed by atoms with Gasteiger partial charge in [-0.3, -0.25) is 19.6 Å². The van der Waals surface area contributed by atoms with Crippen LogP contribution in [0.15, 0.2) is 77.7 Å². The molecule has 0 aliphatic carbocycles. The lowest BCUT2D eigenvalue weighted by Crippen LogP contribution is -2.14. The molecule has 0 spiro atoms. The van der Waals surface area contributed by atoms with Crippen LogP contribution >= 0.6 is 0 Å². The highest BCUT2D eigenvalue weighted by atomic mass is 32.2. The Labute approximate surface area is 178 Å². The fourth-order valence-electron chi connectivity index (χ4n) is 2.96. The molecule has 0 saturated carbocycles. The zero-order chi connectivity index (χ0) is 22.0. The Kier molecular flexibility index (Phi) is 5.26. The lowest BCUT2D eigenvalue weighted by Gasteiger charge is -2.09. The number of aromatic amines is 1. The topological polar surface area (TPSA) is 121 Å². The zero-order valence-corrected chi connectivity index (χ0v) is 17.2. The lowest BCUT2D eigenvalue weighted by atomic mass is 10.2. The number of H-pyrrole nitrogens is 1. The normalized spacial score (nSPS) is 11.3. The fourth-order valence-corrected chi connectivity index (χ4v) is 4.02. The van der Waals surface area contributed by atoms with E-state index in [2.05, 4.69) is 20.0 Å². The number of benzene rings is 3. The smallest absolute Gasteiger partial charge is 0.261 e. The highest BCUT2D eigenvalue weighted by Gasteiger charge is 2.15. The number of aromatic nitrogens is 2. The maximum atomic E-state index is 12.5. The zero-order valence-electron chi connectivity index (χ0n) is 16.4. The van der Waals surface area contributed by atoms with Gasteiger partial charge in [-0.25, -0.2) is 13.4 Å². The molecule has 1 heterocycles. The highest BCUT2D eigenvalue weighted by molar-refractivity contribution is 7.92. The molecule has 0 saturated heterocycles. The maximum absolute atomic E-state index is 12.5. The van der Waals surface area contributed by atoms with Crippen molar-refractivity contribution in [1.29, 1.82) is 0 Å². The summed E-state index contributed by atoms with van der Waals surface area (Å²) in [7, 11) is -3.83. The summed E-state index contributed by atoms with van der Waals surface area (Å²) in [5.74, 6) is -0.202. The summed E-state index contributed by atoms with van der Waals surface area (Å²) in [6.07, 6.45) is 0. The number of anilines is 2. The van der Waals surface area contributed by atoms with Gasteiger partial charge in [0.15, 0.2) is 5.78 Å². The van der Waals surface area contributed by atoms with Gasteiger partial charge >= 0.3 is 0 Å². The van der Waals surface area contributed by atoms with Crippen LogP contribution in [0, 0.1) is 0 Å². The summed E-state index contributed by atoms with van der Waals surface area (Å²) >= 11 is 0. The van der Waals surface area contributed by atoms with E-state index in [0.29, 0.717) is 22.8 Å². The molecule has 4 rings (SSSR count). The Morgan fingerprint density at radius 2 is 1.52 bits per heavy atom. The van der Waals surface area contributed by atoms with E-state index >= 15 is 0 Å². The minimum Gasteiger partial charge on any atom is -0.324 e. The lowest BCUT2D eigenvalue weighted by molar-refractivity contribution is 0.101. The summed E-state index contributed by atoms with van der Waals surface area (Å²) in [6.45, 7) is 1.41. The quantitative estimate of drug-likeness (QED) is 0.398. The van der Waals surface area contributed by atoms with E-state index in [9.17, 15) is 18.0 Å². The molecule has 0 unspecified atom stereocenters. The first-order chi connectivity index (χ1) is 14.8. The van der Waals surface area contributed by atoms with Crippen molar-refractivity contribution in [3.8, 4) is 0 Å². The molecule has 0 aliphatic rings. The van der Waals surface area contributed by atoms with Crippen LogP contribution in [-0.2, 0) is 10.0 Å². The molecule has 0 fully saturated rings. The van der Waals surface area contributed by atoms with Crippen molar-refractivity contribution in [2.45, 2.75) is 11.8 Å². The molecule has 8 nitrogen and oxygen atoms in total. The summed E-state index contributed by atoms with van der Waals surface area (Å²) in [5.41, 5.74) is 2.61. The monoisotopic (exact) mass is 434 g/mol. The van der Waals surface area contributed by atoms with Crippen molar-refractivity contribution in [2.75, 3.05) is 10.0 Å². The Hall–Kier alpha value is -3.98. The number of nitrogens with one attached hydrogen (secondary N) is 3. The van der Waals surface area contributed by atoms with Crippen molar-refractivity contribution in [3.63, 3.8) is 0 Å². The number of fused-ring (bicyclic) bond motifs is 1. The highest BCUT2D eigenvalue weighted by Crippen LogP contribution is 2.19. The van der Waals surface area contributed by atoms with E-state index in [0.717, 1.165) is 11.0 Å². The molecular formula is C22H18N4O4S. The second-order valence-electron chi connectivity index (χ2n) is 6.82. The molecule has 156 valence electrons. The van der Waals surface area contributed by atoms with Crippen LogP contribution in [0.2, 0.25) is 0 Å². The minimum atomic E-state index is -3.83. The average Bonchev–Trinajstić information content (AvgIpc) is 3.16. The molecule has 0 radical (unpaired) electrons. The van der Waals surface area contributed by atoms with Gasteiger partial charge in [0.05, 0.1) is 15.9 Å².